The van der Waals surface area contributed by atoms with Crippen molar-refractivity contribution in [1.29, 1.82) is 0 Å². The molecule has 0 saturated heterocycles. The molecule has 0 saturated carbocycles. The van der Waals surface area contributed by atoms with E-state index in [0.29, 0.717) is 6.17 Å². The van der Waals surface area contributed by atoms with Crippen LogP contribution in [0.3, 0.4) is 0 Å². The molecule has 0 aromatic heterocycles. The first-order chi connectivity index (χ1) is 5.84. The van der Waals surface area contributed by atoms with Crippen molar-refractivity contribution in [3.63, 3.8) is 0 Å². The van der Waals surface area contributed by atoms with Gasteiger partial charge in [-0.2, -0.15) is 0 Å². The van der Waals surface area contributed by atoms with Gasteiger partial charge >= 0.3 is 0 Å². The zero-order valence-corrected chi connectivity index (χ0v) is 7.40. The molecule has 0 spiro atoms. The van der Waals surface area contributed by atoms with Crippen LogP contribution in [0.1, 0.15) is 32.6 Å². The van der Waals surface area contributed by atoms with Gasteiger partial charge in [0.05, 0.1) is 0 Å². The molecule has 1 unspecified atom stereocenters. The molecule has 12 heavy (non-hydrogen) atoms. The van der Waals surface area contributed by atoms with Crippen molar-refractivity contribution < 1.29 is 5.11 Å². The standard InChI is InChI=1S/C9H15N2O/c1-2-3-4-5-8(12)9-10-6-7-11-9/h6-8,12H,2-5H2,1H3/q+1. The summed E-state index contributed by atoms with van der Waals surface area (Å²) in [4.78, 5) is 7.87. The van der Waals surface area contributed by atoms with Gasteiger partial charge in [-0.1, -0.05) is 29.8 Å². The lowest BCUT2D eigenvalue weighted by Crippen LogP contribution is -2.13. The van der Waals surface area contributed by atoms with E-state index < -0.39 is 6.10 Å². The van der Waals surface area contributed by atoms with Crippen LogP contribution >= 0.6 is 0 Å². The van der Waals surface area contributed by atoms with Crippen molar-refractivity contribution in [2.45, 2.75) is 38.7 Å². The number of rotatable bonds is 5. The van der Waals surface area contributed by atoms with Crippen LogP contribution in [0, 0.1) is 6.17 Å². The lowest BCUT2D eigenvalue weighted by Gasteiger charge is -2.05. The van der Waals surface area contributed by atoms with Crippen molar-refractivity contribution in [3.05, 3.63) is 6.17 Å². The molecule has 1 atom stereocenters. The Bertz CT molecular complexity index is 165. The summed E-state index contributed by atoms with van der Waals surface area (Å²) in [6.07, 6.45) is 7.48. The molecule has 0 bridgehead atoms. The maximum absolute atomic E-state index is 9.51. The third-order valence-electron chi connectivity index (χ3n) is 1.86. The Morgan fingerprint density at radius 3 is 2.58 bits per heavy atom. The van der Waals surface area contributed by atoms with Crippen LogP contribution in [0.25, 0.3) is 0 Å². The minimum Gasteiger partial charge on any atom is -0.372 e. The second kappa shape index (κ2) is 4.93. The van der Waals surface area contributed by atoms with Gasteiger partial charge in [-0.3, -0.25) is 0 Å². The van der Waals surface area contributed by atoms with Gasteiger partial charge in [0.2, 0.25) is 0 Å². The molecule has 66 valence electrons. The van der Waals surface area contributed by atoms with Gasteiger partial charge in [-0.05, 0) is 12.8 Å². The van der Waals surface area contributed by atoms with Crippen molar-refractivity contribution in [2.24, 2.45) is 9.98 Å². The van der Waals surface area contributed by atoms with Crippen molar-refractivity contribution in [1.82, 2.24) is 0 Å². The number of nitrogens with zero attached hydrogens (tertiary/aromatic N) is 2. The second-order valence-electron chi connectivity index (χ2n) is 2.93. The van der Waals surface area contributed by atoms with E-state index in [4.69, 9.17) is 0 Å². The Labute approximate surface area is 73.2 Å². The van der Waals surface area contributed by atoms with E-state index in [1.54, 1.807) is 12.4 Å². The van der Waals surface area contributed by atoms with E-state index >= 15 is 0 Å². The van der Waals surface area contributed by atoms with E-state index in [2.05, 4.69) is 16.9 Å². The van der Waals surface area contributed by atoms with Gasteiger partial charge in [-0.15, -0.1) is 0 Å². The van der Waals surface area contributed by atoms with Crippen molar-refractivity contribution in [3.8, 4) is 0 Å². The molecule has 1 aliphatic heterocycles. The molecule has 1 aliphatic rings. The molecular formula is C9H15N2O+. The maximum atomic E-state index is 9.51. The molecule has 3 nitrogen and oxygen atoms in total. The highest BCUT2D eigenvalue weighted by Crippen LogP contribution is 2.17. The minimum absolute atomic E-state index is 0.466. The van der Waals surface area contributed by atoms with E-state index in [0.717, 1.165) is 19.3 Å². The van der Waals surface area contributed by atoms with Gasteiger partial charge in [0.15, 0.2) is 18.5 Å². The zero-order chi connectivity index (χ0) is 8.81. The van der Waals surface area contributed by atoms with Crippen LogP contribution in [-0.4, -0.2) is 23.6 Å². The average Bonchev–Trinajstić information content (AvgIpc) is 2.56. The normalized spacial score (nSPS) is 17.3. The van der Waals surface area contributed by atoms with Crippen LogP contribution in [-0.2, 0) is 0 Å². The highest BCUT2D eigenvalue weighted by molar-refractivity contribution is 6.18. The highest BCUT2D eigenvalue weighted by atomic mass is 16.3. The topological polar surface area (TPSA) is 45.0 Å². The molecule has 0 aliphatic carbocycles. The fourth-order valence-electron chi connectivity index (χ4n) is 1.14. The molecule has 1 heterocycles. The van der Waals surface area contributed by atoms with E-state index in [1.165, 1.54) is 6.42 Å². The molecule has 0 amide bonds. The van der Waals surface area contributed by atoms with Gasteiger partial charge in [0.1, 0.15) is 0 Å². The Kier molecular flexibility index (Phi) is 3.80. The van der Waals surface area contributed by atoms with E-state index in [9.17, 15) is 5.11 Å². The molecule has 1 rings (SSSR count). The first kappa shape index (κ1) is 9.26. The number of aliphatic hydroxyl groups is 1. The monoisotopic (exact) mass is 167 g/mol. The number of hydrogen-bond donors (Lipinski definition) is 1. The molecule has 0 radical (unpaired) electrons. The van der Waals surface area contributed by atoms with E-state index in [-0.39, 0.29) is 0 Å². The minimum atomic E-state index is -0.466. The SMILES string of the molecule is CCCCCC(O)[C+]1N=CC=N1. The van der Waals surface area contributed by atoms with Crippen LogP contribution in [0.5, 0.6) is 0 Å². The lowest BCUT2D eigenvalue weighted by atomic mass is 10.1. The average molecular weight is 167 g/mol. The number of aliphatic imine (C=N–C) groups is 2. The summed E-state index contributed by atoms with van der Waals surface area (Å²) < 4.78 is 0. The number of hydrogen-bond acceptors (Lipinski definition) is 3. The molecule has 1 N–H and O–H groups in total. The van der Waals surface area contributed by atoms with E-state index in [1.807, 2.05) is 0 Å². The quantitative estimate of drug-likeness (QED) is 0.490. The summed E-state index contributed by atoms with van der Waals surface area (Å²) >= 11 is 0. The Balaban J connectivity index is 2.15. The molecule has 3 heteroatoms. The zero-order valence-electron chi connectivity index (χ0n) is 7.40. The van der Waals surface area contributed by atoms with Gasteiger partial charge in [0.25, 0.3) is 6.17 Å². The Hall–Kier alpha value is -0.830. The molecule has 0 aromatic carbocycles. The van der Waals surface area contributed by atoms with Crippen LogP contribution in [0.4, 0.5) is 0 Å². The summed E-state index contributed by atoms with van der Waals surface area (Å²) in [6, 6.07) is 0. The van der Waals surface area contributed by atoms with Gasteiger partial charge in [-0.25, -0.2) is 0 Å². The molecule has 0 aromatic rings. The second-order valence-corrected chi connectivity index (χ2v) is 2.93. The molecular weight excluding hydrogens is 152 g/mol. The van der Waals surface area contributed by atoms with Crippen LogP contribution in [0.2, 0.25) is 0 Å². The fraction of sp³-hybridized carbons (Fsp3) is 0.667. The van der Waals surface area contributed by atoms with Crippen molar-refractivity contribution in [2.75, 3.05) is 0 Å². The van der Waals surface area contributed by atoms with Crippen LogP contribution in [0.15, 0.2) is 9.98 Å². The molecule has 0 fully saturated rings. The highest BCUT2D eigenvalue weighted by Gasteiger charge is 2.25. The summed E-state index contributed by atoms with van der Waals surface area (Å²) in [5, 5.41) is 9.51. The predicted molar refractivity (Wildman–Crippen MR) is 50.4 cm³/mol. The number of aliphatic hydroxyl groups excluding tert-OH is 1. The third kappa shape index (κ3) is 2.66. The maximum Gasteiger partial charge on any atom is 0.269 e. The van der Waals surface area contributed by atoms with Crippen LogP contribution < -0.4 is 0 Å². The largest absolute Gasteiger partial charge is 0.372 e. The van der Waals surface area contributed by atoms with Crippen molar-refractivity contribution >= 4 is 12.4 Å². The lowest BCUT2D eigenvalue weighted by molar-refractivity contribution is 0.171. The Morgan fingerprint density at radius 2 is 2.00 bits per heavy atom. The first-order valence-electron chi connectivity index (χ1n) is 4.46. The summed E-state index contributed by atoms with van der Waals surface area (Å²) in [5.74, 6) is 0. The summed E-state index contributed by atoms with van der Waals surface area (Å²) in [6.45, 7) is 2.14. The Morgan fingerprint density at radius 1 is 1.33 bits per heavy atom. The van der Waals surface area contributed by atoms with Gasteiger partial charge in [0, 0.05) is 0 Å². The van der Waals surface area contributed by atoms with Gasteiger partial charge < -0.3 is 5.11 Å². The summed E-state index contributed by atoms with van der Waals surface area (Å²) in [7, 11) is 0. The third-order valence-corrected chi connectivity index (χ3v) is 1.86. The fourth-order valence-corrected chi connectivity index (χ4v) is 1.14. The summed E-state index contributed by atoms with van der Waals surface area (Å²) in [5.41, 5.74) is 0. The first-order valence-corrected chi connectivity index (χ1v) is 4.46. The predicted octanol–water partition coefficient (Wildman–Crippen LogP) is 1.57. The number of unbranched alkanes of at least 4 members (excludes halogenated alkanes) is 2. The smallest absolute Gasteiger partial charge is 0.269 e.